The number of nitrogens with zero attached hydrogens (tertiary/aromatic N) is 3. The summed E-state index contributed by atoms with van der Waals surface area (Å²) < 4.78 is 2.03. The van der Waals surface area contributed by atoms with Gasteiger partial charge in [-0.15, -0.1) is 6.42 Å². The summed E-state index contributed by atoms with van der Waals surface area (Å²) in [5.74, 6) is 3.94. The molecule has 2 heterocycles. The van der Waals surface area contributed by atoms with Crippen LogP contribution in [0.5, 0.6) is 0 Å². The lowest BCUT2D eigenvalue weighted by atomic mass is 10.2. The van der Waals surface area contributed by atoms with Crippen LogP contribution < -0.4 is 5.73 Å². The molecule has 0 saturated heterocycles. The summed E-state index contributed by atoms with van der Waals surface area (Å²) >= 11 is 0. The second-order valence-corrected chi connectivity index (χ2v) is 4.17. The van der Waals surface area contributed by atoms with Crippen LogP contribution in [0.25, 0.3) is 11.0 Å². The Balaban J connectivity index is 2.17. The average molecular weight is 212 g/mol. The van der Waals surface area contributed by atoms with E-state index in [1.54, 1.807) is 0 Å². The van der Waals surface area contributed by atoms with Gasteiger partial charge in [0.1, 0.15) is 17.8 Å². The molecule has 1 saturated carbocycles. The van der Waals surface area contributed by atoms with Gasteiger partial charge < -0.3 is 10.3 Å². The third-order valence-electron chi connectivity index (χ3n) is 3.08. The fraction of sp³-hybridized carbons (Fsp3) is 0.333. The van der Waals surface area contributed by atoms with Gasteiger partial charge in [0, 0.05) is 6.20 Å². The van der Waals surface area contributed by atoms with E-state index in [4.69, 9.17) is 12.2 Å². The molecule has 1 aliphatic carbocycles. The van der Waals surface area contributed by atoms with E-state index in [1.807, 2.05) is 16.8 Å². The molecule has 0 aliphatic heterocycles. The fourth-order valence-electron chi connectivity index (χ4n) is 2.07. The van der Waals surface area contributed by atoms with Crippen LogP contribution in [-0.4, -0.2) is 14.5 Å². The third-order valence-corrected chi connectivity index (χ3v) is 3.08. The van der Waals surface area contributed by atoms with Crippen LogP contribution in [0.4, 0.5) is 5.82 Å². The van der Waals surface area contributed by atoms with Crippen molar-refractivity contribution in [2.75, 3.05) is 5.73 Å². The highest BCUT2D eigenvalue weighted by Crippen LogP contribution is 2.40. The summed E-state index contributed by atoms with van der Waals surface area (Å²) in [5, 5.41) is 0.878. The zero-order valence-corrected chi connectivity index (χ0v) is 8.80. The molecule has 1 fully saturated rings. The molecule has 2 N–H and O–H groups in total. The average Bonchev–Trinajstić information content (AvgIpc) is 3.02. The van der Waals surface area contributed by atoms with Crippen molar-refractivity contribution in [3.63, 3.8) is 0 Å². The zero-order chi connectivity index (χ0) is 11.1. The lowest BCUT2D eigenvalue weighted by molar-refractivity contribution is 0.569. The topological polar surface area (TPSA) is 56.7 Å². The highest BCUT2D eigenvalue weighted by Gasteiger charge is 2.31. The van der Waals surface area contributed by atoms with Gasteiger partial charge in [0.15, 0.2) is 0 Å². The summed E-state index contributed by atoms with van der Waals surface area (Å²) in [6.45, 7) is 0. The van der Waals surface area contributed by atoms with Gasteiger partial charge in [-0.3, -0.25) is 0 Å². The van der Waals surface area contributed by atoms with Crippen LogP contribution in [0.1, 0.15) is 18.9 Å². The smallest absolute Gasteiger partial charge is 0.146 e. The Morgan fingerprint density at radius 1 is 1.50 bits per heavy atom. The van der Waals surface area contributed by atoms with Crippen molar-refractivity contribution < 1.29 is 0 Å². The van der Waals surface area contributed by atoms with Crippen LogP contribution in [0, 0.1) is 18.3 Å². The molecule has 4 nitrogen and oxygen atoms in total. The standard InChI is InChI=1S/C12H12N4/c1-2-10(8-3-4-8)16-6-5-9-11(13)14-7-15-12(9)16/h1,5-8,10H,3-4H2,(H2,13,14,15). The highest BCUT2D eigenvalue weighted by molar-refractivity contribution is 5.86. The van der Waals surface area contributed by atoms with Crippen molar-refractivity contribution in [2.24, 2.45) is 5.92 Å². The molecule has 16 heavy (non-hydrogen) atoms. The Hall–Kier alpha value is -2.02. The Bertz CT molecular complexity index is 574. The summed E-state index contributed by atoms with van der Waals surface area (Å²) in [4.78, 5) is 8.23. The maximum Gasteiger partial charge on any atom is 0.146 e. The van der Waals surface area contributed by atoms with Gasteiger partial charge in [0.2, 0.25) is 0 Å². The summed E-state index contributed by atoms with van der Waals surface area (Å²) in [6, 6.07) is 2.03. The van der Waals surface area contributed by atoms with Crippen molar-refractivity contribution >= 4 is 16.9 Å². The van der Waals surface area contributed by atoms with Gasteiger partial charge >= 0.3 is 0 Å². The molecule has 80 valence electrons. The minimum atomic E-state index is 0.104. The number of fused-ring (bicyclic) bond motifs is 1. The molecular weight excluding hydrogens is 200 g/mol. The van der Waals surface area contributed by atoms with Gasteiger partial charge in [-0.05, 0) is 24.8 Å². The minimum Gasteiger partial charge on any atom is -0.383 e. The van der Waals surface area contributed by atoms with E-state index >= 15 is 0 Å². The van der Waals surface area contributed by atoms with Crippen molar-refractivity contribution in [1.29, 1.82) is 0 Å². The maximum atomic E-state index is 5.79. The maximum absolute atomic E-state index is 5.79. The van der Waals surface area contributed by atoms with Gasteiger partial charge in [0.25, 0.3) is 0 Å². The lowest BCUT2D eigenvalue weighted by Crippen LogP contribution is -2.08. The SMILES string of the molecule is C#CC(C1CC1)n1ccc2c(N)ncnc21. The Morgan fingerprint density at radius 2 is 2.31 bits per heavy atom. The van der Waals surface area contributed by atoms with Crippen LogP contribution in [0.15, 0.2) is 18.6 Å². The van der Waals surface area contributed by atoms with Crippen LogP contribution >= 0.6 is 0 Å². The number of anilines is 1. The van der Waals surface area contributed by atoms with Gasteiger partial charge in [-0.2, -0.15) is 0 Å². The van der Waals surface area contributed by atoms with Gasteiger partial charge in [0.05, 0.1) is 11.4 Å². The third kappa shape index (κ3) is 1.25. The molecule has 1 atom stereocenters. The van der Waals surface area contributed by atoms with Crippen molar-refractivity contribution in [2.45, 2.75) is 18.9 Å². The first-order valence-electron chi connectivity index (χ1n) is 5.34. The number of nitrogen functional groups attached to an aromatic ring is 1. The first-order valence-corrected chi connectivity index (χ1v) is 5.34. The van der Waals surface area contributed by atoms with Crippen LogP contribution in [0.2, 0.25) is 0 Å². The molecule has 1 unspecified atom stereocenters. The van der Waals surface area contributed by atoms with Crippen LogP contribution in [-0.2, 0) is 0 Å². The van der Waals surface area contributed by atoms with Crippen molar-refractivity contribution in [3.8, 4) is 12.3 Å². The van der Waals surface area contributed by atoms with E-state index in [1.165, 1.54) is 19.2 Å². The number of terminal acetylenes is 1. The summed E-state index contributed by atoms with van der Waals surface area (Å²) in [7, 11) is 0. The van der Waals surface area contributed by atoms with E-state index in [0.29, 0.717) is 11.7 Å². The Kier molecular flexibility index (Phi) is 1.87. The van der Waals surface area contributed by atoms with Crippen LogP contribution in [0.3, 0.4) is 0 Å². The second-order valence-electron chi connectivity index (χ2n) is 4.17. The van der Waals surface area contributed by atoms with E-state index in [9.17, 15) is 0 Å². The Labute approximate surface area is 93.5 Å². The van der Waals surface area contributed by atoms with Gasteiger partial charge in [-0.1, -0.05) is 5.92 Å². The summed E-state index contributed by atoms with van der Waals surface area (Å²) in [5.41, 5.74) is 6.62. The molecular formula is C12H12N4. The molecule has 3 rings (SSSR count). The number of nitrogens with two attached hydrogens (primary N) is 1. The number of hydrogen-bond donors (Lipinski definition) is 1. The first kappa shape index (κ1) is 9.22. The molecule has 0 radical (unpaired) electrons. The predicted molar refractivity (Wildman–Crippen MR) is 62.5 cm³/mol. The highest BCUT2D eigenvalue weighted by atomic mass is 15.1. The number of hydrogen-bond acceptors (Lipinski definition) is 3. The number of rotatable bonds is 2. The predicted octanol–water partition coefficient (Wildman–Crippen LogP) is 1.60. The normalized spacial score (nSPS) is 17.2. The molecule has 1 aliphatic rings. The fourth-order valence-corrected chi connectivity index (χ4v) is 2.07. The molecule has 0 amide bonds. The second kappa shape index (κ2) is 3.24. The van der Waals surface area contributed by atoms with Crippen molar-refractivity contribution in [3.05, 3.63) is 18.6 Å². The van der Waals surface area contributed by atoms with Crippen molar-refractivity contribution in [1.82, 2.24) is 14.5 Å². The first-order chi connectivity index (χ1) is 7.81. The molecule has 2 aromatic rings. The molecule has 0 bridgehead atoms. The quantitative estimate of drug-likeness (QED) is 0.769. The monoisotopic (exact) mass is 212 g/mol. The molecule has 0 aromatic carbocycles. The molecule has 2 aromatic heterocycles. The molecule has 4 heteroatoms. The van der Waals surface area contributed by atoms with E-state index in [0.717, 1.165) is 11.0 Å². The van der Waals surface area contributed by atoms with Gasteiger partial charge in [-0.25, -0.2) is 9.97 Å². The van der Waals surface area contributed by atoms with E-state index in [-0.39, 0.29) is 6.04 Å². The summed E-state index contributed by atoms with van der Waals surface area (Å²) in [6.07, 6.45) is 11.4. The Morgan fingerprint density at radius 3 is 3.00 bits per heavy atom. The van der Waals surface area contributed by atoms with E-state index < -0.39 is 0 Å². The largest absolute Gasteiger partial charge is 0.383 e. The molecule has 0 spiro atoms. The minimum absolute atomic E-state index is 0.104. The van der Waals surface area contributed by atoms with E-state index in [2.05, 4.69) is 15.9 Å². The number of aromatic nitrogens is 3. The lowest BCUT2D eigenvalue weighted by Gasteiger charge is -2.12. The zero-order valence-electron chi connectivity index (χ0n) is 8.80.